The van der Waals surface area contributed by atoms with Crippen LogP contribution >= 0.6 is 0 Å². The lowest BCUT2D eigenvalue weighted by Crippen LogP contribution is -2.29. The topological polar surface area (TPSA) is 72.5 Å². The number of nitrogens with one attached hydrogen (secondary N) is 1. The molecular formula is C13H14BNO4. The number of amides is 1. The van der Waals surface area contributed by atoms with Crippen LogP contribution in [0, 0.1) is 0 Å². The first-order valence-electron chi connectivity index (χ1n) is 5.72. The lowest BCUT2D eigenvalue weighted by molar-refractivity contribution is -0.143. The summed E-state index contributed by atoms with van der Waals surface area (Å²) in [5.41, 5.74) is 0.750. The van der Waals surface area contributed by atoms with Crippen molar-refractivity contribution in [1.29, 1.82) is 0 Å². The van der Waals surface area contributed by atoms with E-state index in [1.165, 1.54) is 7.11 Å². The maximum Gasteiger partial charge on any atom is 0.313 e. The molecule has 0 aliphatic carbocycles. The van der Waals surface area contributed by atoms with E-state index < -0.39 is 17.8 Å². The number of esters is 1. The molecule has 1 aromatic rings. The van der Waals surface area contributed by atoms with Crippen LogP contribution in [0.1, 0.15) is 24.4 Å². The van der Waals surface area contributed by atoms with Gasteiger partial charge in [0, 0.05) is 6.42 Å². The Kier molecular flexibility index (Phi) is 5.79. The summed E-state index contributed by atoms with van der Waals surface area (Å²) >= 11 is 0. The van der Waals surface area contributed by atoms with Crippen molar-refractivity contribution in [2.24, 2.45) is 0 Å². The van der Waals surface area contributed by atoms with Gasteiger partial charge < -0.3 is 10.1 Å². The summed E-state index contributed by atoms with van der Waals surface area (Å²) in [6.45, 7) is 0. The van der Waals surface area contributed by atoms with Gasteiger partial charge in [-0.2, -0.15) is 0 Å². The second-order valence-corrected chi connectivity index (χ2v) is 3.97. The van der Waals surface area contributed by atoms with Gasteiger partial charge in [-0.25, -0.2) is 0 Å². The van der Waals surface area contributed by atoms with Crippen LogP contribution in [-0.4, -0.2) is 32.5 Å². The standard InChI is InChI=1S/C13H14BNO4/c1-19-12(17)8-10(16)7-11(15-13(14)18)9-5-3-2-4-6-9/h2-6,11H,7-8H2,1H3,(H,15,18). The summed E-state index contributed by atoms with van der Waals surface area (Å²) in [7, 11) is 6.30. The molecule has 1 atom stereocenters. The third kappa shape index (κ3) is 5.37. The van der Waals surface area contributed by atoms with Crippen LogP contribution in [0.15, 0.2) is 30.3 Å². The summed E-state index contributed by atoms with van der Waals surface area (Å²) in [5, 5.41) is 2.48. The van der Waals surface area contributed by atoms with Crippen molar-refractivity contribution in [2.75, 3.05) is 7.11 Å². The fourth-order valence-corrected chi connectivity index (χ4v) is 1.64. The van der Waals surface area contributed by atoms with Crippen LogP contribution in [0.4, 0.5) is 4.79 Å². The molecule has 1 unspecified atom stereocenters. The Balaban J connectivity index is 2.73. The van der Waals surface area contributed by atoms with Gasteiger partial charge in [-0.15, -0.1) is 0 Å². The van der Waals surface area contributed by atoms with Gasteiger partial charge in [0.2, 0.25) is 7.85 Å². The molecule has 0 aliphatic rings. The molecule has 19 heavy (non-hydrogen) atoms. The van der Waals surface area contributed by atoms with Crippen LogP contribution in [-0.2, 0) is 14.3 Å². The number of ether oxygens (including phenoxy) is 1. The average Bonchev–Trinajstić information content (AvgIpc) is 2.38. The Morgan fingerprint density at radius 1 is 1.26 bits per heavy atom. The zero-order valence-corrected chi connectivity index (χ0v) is 10.6. The molecule has 0 aromatic heterocycles. The predicted octanol–water partition coefficient (Wildman–Crippen LogP) is 1.13. The molecule has 98 valence electrons. The van der Waals surface area contributed by atoms with Gasteiger partial charge >= 0.3 is 5.97 Å². The van der Waals surface area contributed by atoms with Crippen molar-refractivity contribution in [3.05, 3.63) is 35.9 Å². The third-order valence-electron chi connectivity index (χ3n) is 2.52. The minimum atomic E-state index is -0.722. The fourth-order valence-electron chi connectivity index (χ4n) is 1.64. The molecule has 2 radical (unpaired) electrons. The van der Waals surface area contributed by atoms with Crippen molar-refractivity contribution in [3.63, 3.8) is 0 Å². The molecule has 1 amide bonds. The van der Waals surface area contributed by atoms with E-state index in [-0.39, 0.29) is 18.6 Å². The Labute approximate surface area is 112 Å². The van der Waals surface area contributed by atoms with E-state index in [1.54, 1.807) is 24.3 Å². The SMILES string of the molecule is [B]C(=O)NC(CC(=O)CC(=O)OC)c1ccccc1. The van der Waals surface area contributed by atoms with Gasteiger partial charge in [0.15, 0.2) is 5.81 Å². The first kappa shape index (κ1) is 15.0. The first-order chi connectivity index (χ1) is 9.02. The molecular weight excluding hydrogens is 245 g/mol. The van der Waals surface area contributed by atoms with E-state index in [1.807, 2.05) is 6.07 Å². The van der Waals surface area contributed by atoms with Gasteiger partial charge in [0.25, 0.3) is 0 Å². The zero-order chi connectivity index (χ0) is 14.3. The highest BCUT2D eigenvalue weighted by Gasteiger charge is 2.18. The molecule has 5 nitrogen and oxygen atoms in total. The number of hydrogen-bond acceptors (Lipinski definition) is 4. The van der Waals surface area contributed by atoms with E-state index in [4.69, 9.17) is 7.85 Å². The zero-order valence-electron chi connectivity index (χ0n) is 10.6. The largest absolute Gasteiger partial charge is 0.469 e. The second-order valence-electron chi connectivity index (χ2n) is 3.97. The second kappa shape index (κ2) is 7.36. The average molecular weight is 259 g/mol. The molecule has 0 bridgehead atoms. The lowest BCUT2D eigenvalue weighted by Gasteiger charge is -2.17. The highest BCUT2D eigenvalue weighted by Crippen LogP contribution is 2.17. The number of Topliss-reactive ketones (excluding diaryl/α,β-unsaturated/α-hetero) is 1. The molecule has 0 heterocycles. The highest BCUT2D eigenvalue weighted by molar-refractivity contribution is 6.57. The van der Waals surface area contributed by atoms with Crippen LogP contribution in [0.3, 0.4) is 0 Å². The van der Waals surface area contributed by atoms with E-state index in [0.717, 1.165) is 5.56 Å². The van der Waals surface area contributed by atoms with Crippen molar-refractivity contribution in [2.45, 2.75) is 18.9 Å². The quantitative estimate of drug-likeness (QED) is 0.472. The fraction of sp³-hybridized carbons (Fsp3) is 0.308. The summed E-state index contributed by atoms with van der Waals surface area (Å²) < 4.78 is 4.42. The molecule has 1 aromatic carbocycles. The Bertz CT molecular complexity index is 461. The number of hydrogen-bond donors (Lipinski definition) is 1. The number of ketones is 1. The number of carbonyl (C=O) groups excluding carboxylic acids is 3. The van der Waals surface area contributed by atoms with Gasteiger partial charge in [-0.05, 0) is 5.56 Å². The van der Waals surface area contributed by atoms with Gasteiger partial charge in [0.05, 0.1) is 13.2 Å². The van der Waals surface area contributed by atoms with Gasteiger partial charge in [0.1, 0.15) is 12.2 Å². The predicted molar refractivity (Wildman–Crippen MR) is 69.7 cm³/mol. The number of carbonyl (C=O) groups is 3. The van der Waals surface area contributed by atoms with Gasteiger partial charge in [-0.3, -0.25) is 14.4 Å². The maximum atomic E-state index is 11.7. The Hall–Kier alpha value is -2.11. The Morgan fingerprint density at radius 3 is 2.42 bits per heavy atom. The number of methoxy groups -OCH3 is 1. The monoisotopic (exact) mass is 259 g/mol. The molecule has 0 spiro atoms. The molecule has 6 heteroatoms. The third-order valence-corrected chi connectivity index (χ3v) is 2.52. The smallest absolute Gasteiger partial charge is 0.313 e. The summed E-state index contributed by atoms with van der Waals surface area (Å²) in [6.07, 6.45) is -0.331. The van der Waals surface area contributed by atoms with Crippen molar-refractivity contribution >= 4 is 25.4 Å². The summed E-state index contributed by atoms with van der Waals surface area (Å²) in [4.78, 5) is 33.6. The van der Waals surface area contributed by atoms with Crippen LogP contribution < -0.4 is 5.32 Å². The summed E-state index contributed by atoms with van der Waals surface area (Å²) in [6, 6.07) is 8.39. The number of rotatable bonds is 6. The first-order valence-corrected chi connectivity index (χ1v) is 5.72. The minimum absolute atomic E-state index is 0.0119. The van der Waals surface area contributed by atoms with Gasteiger partial charge in [-0.1, -0.05) is 30.3 Å². The molecule has 0 aliphatic heterocycles. The van der Waals surface area contributed by atoms with Crippen molar-refractivity contribution in [1.82, 2.24) is 5.32 Å². The van der Waals surface area contributed by atoms with E-state index in [2.05, 4.69) is 10.1 Å². The molecule has 0 saturated heterocycles. The lowest BCUT2D eigenvalue weighted by atomic mass is 9.98. The molecule has 0 fully saturated rings. The molecule has 0 saturated carbocycles. The Morgan fingerprint density at radius 2 is 1.89 bits per heavy atom. The van der Waals surface area contributed by atoms with Crippen LogP contribution in [0.25, 0.3) is 0 Å². The van der Waals surface area contributed by atoms with E-state index in [0.29, 0.717) is 0 Å². The summed E-state index contributed by atoms with van der Waals surface area (Å²) in [5.74, 6) is -1.65. The molecule has 1 N–H and O–H groups in total. The van der Waals surface area contributed by atoms with Crippen molar-refractivity contribution in [3.8, 4) is 0 Å². The van der Waals surface area contributed by atoms with E-state index in [9.17, 15) is 14.4 Å². The number of benzene rings is 1. The van der Waals surface area contributed by atoms with Crippen molar-refractivity contribution < 1.29 is 19.1 Å². The minimum Gasteiger partial charge on any atom is -0.469 e. The van der Waals surface area contributed by atoms with Crippen LogP contribution in [0.5, 0.6) is 0 Å². The maximum absolute atomic E-state index is 11.7. The molecule has 1 rings (SSSR count). The van der Waals surface area contributed by atoms with E-state index >= 15 is 0 Å². The highest BCUT2D eigenvalue weighted by atomic mass is 16.5. The van der Waals surface area contributed by atoms with Crippen LogP contribution in [0.2, 0.25) is 0 Å². The normalized spacial score (nSPS) is 11.4.